The summed E-state index contributed by atoms with van der Waals surface area (Å²) in [5.74, 6) is 0.527. The van der Waals surface area contributed by atoms with Gasteiger partial charge in [0.25, 0.3) is 0 Å². The van der Waals surface area contributed by atoms with Gasteiger partial charge in [0.2, 0.25) is 0 Å². The Hall–Kier alpha value is -1.48. The van der Waals surface area contributed by atoms with Crippen molar-refractivity contribution in [1.29, 1.82) is 0 Å². The van der Waals surface area contributed by atoms with Gasteiger partial charge in [-0.1, -0.05) is 44.4 Å². The molecule has 0 fully saturated rings. The van der Waals surface area contributed by atoms with Gasteiger partial charge in [-0.25, -0.2) is 0 Å². The summed E-state index contributed by atoms with van der Waals surface area (Å²) in [5, 5.41) is 0.323. The molecular weight excluding hydrogens is 436 g/mol. The minimum absolute atomic E-state index is 0. The standard InChI is InChI=1S/C21H21F6O2P.Li/c1-2-3-4-5-13-29-14-9-11-15(12-10-14)30-19(28)18-16(20(22,23)24)7-6-8-17(18)21(25,26)27;/h6-12,30H,2-5,13H2,1H3;/q;+1. The third-order valence-electron chi connectivity index (χ3n) is 4.28. The summed E-state index contributed by atoms with van der Waals surface area (Å²) in [6.07, 6.45) is -6.05. The molecule has 2 nitrogen and oxygen atoms in total. The fourth-order valence-electron chi connectivity index (χ4n) is 2.82. The number of carbonyl (C=O) groups is 1. The van der Waals surface area contributed by atoms with E-state index in [0.717, 1.165) is 25.7 Å². The van der Waals surface area contributed by atoms with Crippen LogP contribution in [0.4, 0.5) is 26.3 Å². The minimum Gasteiger partial charge on any atom is -0.494 e. The third-order valence-corrected chi connectivity index (χ3v) is 5.38. The van der Waals surface area contributed by atoms with Crippen LogP contribution in [0, 0.1) is 0 Å². The van der Waals surface area contributed by atoms with Crippen molar-refractivity contribution >= 4 is 19.4 Å². The van der Waals surface area contributed by atoms with Crippen LogP contribution in [0.2, 0.25) is 0 Å². The topological polar surface area (TPSA) is 26.3 Å². The molecule has 164 valence electrons. The number of alkyl halides is 6. The molecule has 1 unspecified atom stereocenters. The Morgan fingerprint density at radius 2 is 1.42 bits per heavy atom. The molecule has 31 heavy (non-hydrogen) atoms. The minimum atomic E-state index is -5.08. The molecule has 0 aliphatic heterocycles. The van der Waals surface area contributed by atoms with E-state index >= 15 is 0 Å². The summed E-state index contributed by atoms with van der Waals surface area (Å²) < 4.78 is 84.9. The zero-order chi connectivity index (χ0) is 22.4. The van der Waals surface area contributed by atoms with Gasteiger partial charge in [-0.15, -0.1) is 0 Å². The molecule has 0 bridgehead atoms. The molecule has 0 aliphatic rings. The van der Waals surface area contributed by atoms with Gasteiger partial charge in [0.15, 0.2) is 5.52 Å². The number of rotatable bonds is 9. The molecule has 2 rings (SSSR count). The number of carbonyl (C=O) groups excluding carboxylic acids is 1. The van der Waals surface area contributed by atoms with Crippen molar-refractivity contribution in [1.82, 2.24) is 0 Å². The number of hydrogen-bond donors (Lipinski definition) is 0. The maximum atomic E-state index is 13.2. The molecule has 0 radical (unpaired) electrons. The number of halogens is 6. The van der Waals surface area contributed by atoms with Gasteiger partial charge in [-0.2, -0.15) is 26.3 Å². The van der Waals surface area contributed by atoms with Crippen molar-refractivity contribution in [3.8, 4) is 5.75 Å². The Labute approximate surface area is 190 Å². The van der Waals surface area contributed by atoms with Crippen LogP contribution in [0.1, 0.15) is 54.1 Å². The third kappa shape index (κ3) is 8.18. The van der Waals surface area contributed by atoms with E-state index < -0.39 is 43.1 Å². The van der Waals surface area contributed by atoms with Gasteiger partial charge in [-0.05, 0) is 44.6 Å². The SMILES string of the molecule is CCCCCCOc1ccc(PC(=O)c2c(C(F)(F)F)cccc2C(F)(F)F)cc1.[Li+]. The first kappa shape index (κ1) is 27.6. The van der Waals surface area contributed by atoms with Crippen LogP contribution in [-0.2, 0) is 12.4 Å². The van der Waals surface area contributed by atoms with Crippen molar-refractivity contribution in [2.75, 3.05) is 6.61 Å². The first-order chi connectivity index (χ1) is 14.0. The summed E-state index contributed by atoms with van der Waals surface area (Å²) >= 11 is 0. The van der Waals surface area contributed by atoms with E-state index in [-0.39, 0.29) is 18.9 Å². The number of unbranched alkanes of at least 4 members (excludes halogenated alkanes) is 3. The molecule has 0 N–H and O–H groups in total. The Morgan fingerprint density at radius 1 is 0.871 bits per heavy atom. The molecule has 0 aliphatic carbocycles. The quantitative estimate of drug-likeness (QED) is 0.248. The van der Waals surface area contributed by atoms with E-state index in [2.05, 4.69) is 6.92 Å². The molecule has 2 aromatic carbocycles. The van der Waals surface area contributed by atoms with E-state index in [1.165, 1.54) is 12.1 Å². The van der Waals surface area contributed by atoms with Gasteiger partial charge < -0.3 is 4.74 Å². The van der Waals surface area contributed by atoms with Crippen LogP contribution in [-0.4, -0.2) is 12.1 Å². The van der Waals surface area contributed by atoms with Crippen molar-refractivity contribution in [3.05, 3.63) is 59.2 Å². The van der Waals surface area contributed by atoms with Crippen molar-refractivity contribution in [3.63, 3.8) is 0 Å². The summed E-state index contributed by atoms with van der Waals surface area (Å²) in [4.78, 5) is 12.5. The summed E-state index contributed by atoms with van der Waals surface area (Å²) in [6, 6.07) is 7.68. The van der Waals surface area contributed by atoms with E-state index in [9.17, 15) is 31.1 Å². The van der Waals surface area contributed by atoms with E-state index in [0.29, 0.717) is 35.9 Å². The van der Waals surface area contributed by atoms with Crippen LogP contribution in [0.3, 0.4) is 0 Å². The maximum absolute atomic E-state index is 13.2. The second-order valence-corrected chi connectivity index (χ2v) is 7.89. The smallest absolute Gasteiger partial charge is 0.494 e. The molecule has 0 aromatic heterocycles. The molecule has 0 heterocycles. The first-order valence-electron chi connectivity index (χ1n) is 9.35. The number of benzene rings is 2. The van der Waals surface area contributed by atoms with Gasteiger partial charge in [0.05, 0.1) is 17.7 Å². The Balaban J connectivity index is 0.00000480. The monoisotopic (exact) mass is 457 g/mol. The average Bonchev–Trinajstić information content (AvgIpc) is 2.67. The largest absolute Gasteiger partial charge is 1.00 e. The van der Waals surface area contributed by atoms with Gasteiger partial charge in [0.1, 0.15) is 5.75 Å². The zero-order valence-electron chi connectivity index (χ0n) is 17.2. The summed E-state index contributed by atoms with van der Waals surface area (Å²) in [7, 11) is -0.889. The molecule has 10 heteroatoms. The van der Waals surface area contributed by atoms with Crippen molar-refractivity contribution in [2.24, 2.45) is 0 Å². The molecule has 0 spiro atoms. The van der Waals surface area contributed by atoms with Crippen LogP contribution < -0.4 is 28.9 Å². The average molecular weight is 457 g/mol. The van der Waals surface area contributed by atoms with Crippen LogP contribution >= 0.6 is 8.58 Å². The fraction of sp³-hybridized carbons (Fsp3) is 0.381. The van der Waals surface area contributed by atoms with Gasteiger partial charge in [0, 0.05) is 5.56 Å². The van der Waals surface area contributed by atoms with E-state index in [1.54, 1.807) is 12.1 Å². The Kier molecular flexibility index (Phi) is 10.6. The van der Waals surface area contributed by atoms with Crippen LogP contribution in [0.25, 0.3) is 0 Å². The van der Waals surface area contributed by atoms with Crippen LogP contribution in [0.5, 0.6) is 5.75 Å². The fourth-order valence-corrected chi connectivity index (χ4v) is 3.81. The predicted octanol–water partition coefficient (Wildman–Crippen LogP) is 3.83. The number of hydrogen-bond acceptors (Lipinski definition) is 2. The second-order valence-electron chi connectivity index (χ2n) is 6.61. The Bertz CT molecular complexity index is 818. The molecule has 0 saturated heterocycles. The van der Waals surface area contributed by atoms with Crippen molar-refractivity contribution < 1.29 is 54.7 Å². The maximum Gasteiger partial charge on any atom is 1.00 e. The van der Waals surface area contributed by atoms with E-state index in [4.69, 9.17) is 4.74 Å². The summed E-state index contributed by atoms with van der Waals surface area (Å²) in [6.45, 7) is 2.60. The van der Waals surface area contributed by atoms with Gasteiger partial charge >= 0.3 is 31.2 Å². The predicted molar refractivity (Wildman–Crippen MR) is 105 cm³/mol. The summed E-state index contributed by atoms with van der Waals surface area (Å²) in [5.41, 5.74) is -5.72. The normalized spacial score (nSPS) is 12.1. The van der Waals surface area contributed by atoms with Crippen LogP contribution in [0.15, 0.2) is 42.5 Å². The first-order valence-corrected chi connectivity index (χ1v) is 10.4. The number of ether oxygens (including phenoxy) is 1. The molecule has 1 atom stereocenters. The molecule has 2 aromatic rings. The van der Waals surface area contributed by atoms with E-state index in [1.807, 2.05) is 0 Å². The van der Waals surface area contributed by atoms with Crippen molar-refractivity contribution in [2.45, 2.75) is 45.0 Å². The Morgan fingerprint density at radius 3 is 1.90 bits per heavy atom. The van der Waals surface area contributed by atoms with Gasteiger partial charge in [-0.3, -0.25) is 4.79 Å². The zero-order valence-corrected chi connectivity index (χ0v) is 18.2. The second kappa shape index (κ2) is 11.9. The molecular formula is C21H21F6LiO2P+. The molecule has 0 saturated carbocycles. The molecule has 0 amide bonds.